The van der Waals surface area contributed by atoms with Gasteiger partial charge in [-0.05, 0) is 0 Å². The Morgan fingerprint density at radius 3 is 0.514 bits per heavy atom. The Labute approximate surface area is 223 Å². The molecule has 0 fully saturated rings. The van der Waals surface area contributed by atoms with E-state index in [1.807, 2.05) is 0 Å². The second-order valence-corrected chi connectivity index (χ2v) is 7.24. The molecule has 0 saturated heterocycles. The van der Waals surface area contributed by atoms with Crippen molar-refractivity contribution < 1.29 is 52.1 Å². The van der Waals surface area contributed by atoms with Crippen LogP contribution >= 0.6 is 0 Å². The SMILES string of the molecule is C=CCOCCOCCOCCOCCOCCOCCOCCOCCOCCOCCOCC=C. The highest BCUT2D eigenvalue weighted by atomic mass is 16.6. The number of rotatable bonds is 34. The predicted molar refractivity (Wildman–Crippen MR) is 139 cm³/mol. The largest absolute Gasteiger partial charge is 0.377 e. The van der Waals surface area contributed by atoms with E-state index in [1.54, 1.807) is 12.2 Å². The summed E-state index contributed by atoms with van der Waals surface area (Å²) in [7, 11) is 0. The summed E-state index contributed by atoms with van der Waals surface area (Å²) in [6, 6.07) is 0. The van der Waals surface area contributed by atoms with Crippen molar-refractivity contribution >= 4 is 0 Å². The molecule has 0 amide bonds. The van der Waals surface area contributed by atoms with Crippen LogP contribution in [-0.4, -0.2) is 145 Å². The maximum atomic E-state index is 5.45. The molecule has 0 spiro atoms. The predicted octanol–water partition coefficient (Wildman–Crippen LogP) is 1.54. The highest BCUT2D eigenvalue weighted by Gasteiger charge is 1.96. The van der Waals surface area contributed by atoms with Gasteiger partial charge >= 0.3 is 0 Å². The molecule has 0 rings (SSSR count). The number of hydrogen-bond donors (Lipinski definition) is 0. The first-order chi connectivity index (χ1) is 18.4. The van der Waals surface area contributed by atoms with Gasteiger partial charge in [-0.3, -0.25) is 0 Å². The Balaban J connectivity index is 3.01. The molecule has 0 aromatic carbocycles. The Kier molecular flexibility index (Phi) is 34.1. The maximum Gasteiger partial charge on any atom is 0.0704 e. The van der Waals surface area contributed by atoms with Crippen molar-refractivity contribution in [2.24, 2.45) is 0 Å². The molecule has 11 heteroatoms. The van der Waals surface area contributed by atoms with Gasteiger partial charge in [0.15, 0.2) is 0 Å². The van der Waals surface area contributed by atoms with Gasteiger partial charge < -0.3 is 52.1 Å². The Morgan fingerprint density at radius 2 is 0.378 bits per heavy atom. The molecule has 0 aromatic heterocycles. The molecule has 0 bridgehead atoms. The lowest BCUT2D eigenvalue weighted by Gasteiger charge is -2.09. The summed E-state index contributed by atoms with van der Waals surface area (Å²) in [5.41, 5.74) is 0. The number of hydrogen-bond acceptors (Lipinski definition) is 11. The van der Waals surface area contributed by atoms with Crippen molar-refractivity contribution in [3.05, 3.63) is 25.3 Å². The smallest absolute Gasteiger partial charge is 0.0704 e. The van der Waals surface area contributed by atoms with Gasteiger partial charge in [0.25, 0.3) is 0 Å². The fourth-order valence-electron chi connectivity index (χ4n) is 2.43. The molecule has 0 atom stereocenters. The maximum absolute atomic E-state index is 5.45. The van der Waals surface area contributed by atoms with E-state index < -0.39 is 0 Å². The van der Waals surface area contributed by atoms with Crippen LogP contribution in [-0.2, 0) is 52.1 Å². The molecule has 0 N–H and O–H groups in total. The highest BCUT2D eigenvalue weighted by Crippen LogP contribution is 1.87. The van der Waals surface area contributed by atoms with E-state index in [2.05, 4.69) is 13.2 Å². The van der Waals surface area contributed by atoms with Gasteiger partial charge in [0, 0.05) is 0 Å². The van der Waals surface area contributed by atoms with E-state index in [9.17, 15) is 0 Å². The van der Waals surface area contributed by atoms with Crippen LogP contribution in [0.1, 0.15) is 0 Å². The van der Waals surface area contributed by atoms with Crippen LogP contribution < -0.4 is 0 Å². The molecule has 0 aliphatic carbocycles. The molecule has 0 aromatic rings. The van der Waals surface area contributed by atoms with Gasteiger partial charge in [-0.2, -0.15) is 0 Å². The van der Waals surface area contributed by atoms with E-state index in [1.165, 1.54) is 0 Å². The topological polar surface area (TPSA) is 102 Å². The molecule has 0 saturated carbocycles. The van der Waals surface area contributed by atoms with E-state index in [0.29, 0.717) is 145 Å². The van der Waals surface area contributed by atoms with Gasteiger partial charge in [0.05, 0.1) is 145 Å². The minimum atomic E-state index is 0.518. The van der Waals surface area contributed by atoms with Crippen molar-refractivity contribution in [2.75, 3.05) is 145 Å². The molecular formula is C26H50O11. The first kappa shape index (κ1) is 36.0. The Hall–Kier alpha value is -0.960. The highest BCUT2D eigenvalue weighted by molar-refractivity contribution is 4.63. The van der Waals surface area contributed by atoms with Crippen LogP contribution in [0, 0.1) is 0 Å². The van der Waals surface area contributed by atoms with Crippen molar-refractivity contribution in [2.45, 2.75) is 0 Å². The third kappa shape index (κ3) is 35.0. The molecule has 220 valence electrons. The normalized spacial score (nSPS) is 11.2. The van der Waals surface area contributed by atoms with Crippen molar-refractivity contribution in [1.82, 2.24) is 0 Å². The quantitative estimate of drug-likeness (QED) is 0.0881. The molecule has 11 nitrogen and oxygen atoms in total. The van der Waals surface area contributed by atoms with Gasteiger partial charge in [-0.25, -0.2) is 0 Å². The van der Waals surface area contributed by atoms with Crippen LogP contribution in [0.25, 0.3) is 0 Å². The zero-order valence-corrected chi connectivity index (χ0v) is 22.6. The summed E-state index contributed by atoms with van der Waals surface area (Å²) in [6.07, 6.45) is 3.42. The number of ether oxygens (including phenoxy) is 11. The third-order valence-electron chi connectivity index (χ3n) is 4.19. The standard InChI is InChI=1S/C26H50O11/c1-3-5-27-7-9-29-11-13-31-15-17-33-19-21-35-23-25-37-26-24-36-22-20-34-18-16-32-14-12-30-10-8-28-6-4-2/h3-4H,1-2,5-26H2. The average Bonchev–Trinajstić information content (AvgIpc) is 2.91. The molecule has 37 heavy (non-hydrogen) atoms. The Morgan fingerprint density at radius 1 is 0.243 bits per heavy atom. The monoisotopic (exact) mass is 538 g/mol. The zero-order valence-electron chi connectivity index (χ0n) is 22.6. The van der Waals surface area contributed by atoms with Crippen LogP contribution in [0.15, 0.2) is 25.3 Å². The van der Waals surface area contributed by atoms with Crippen LogP contribution in [0.5, 0.6) is 0 Å². The molecule has 0 aliphatic rings. The summed E-state index contributed by atoms with van der Waals surface area (Å²) < 4.78 is 59.2. The minimum Gasteiger partial charge on any atom is -0.377 e. The lowest BCUT2D eigenvalue weighted by Crippen LogP contribution is -2.15. The van der Waals surface area contributed by atoms with Gasteiger partial charge in [0.1, 0.15) is 0 Å². The summed E-state index contributed by atoms with van der Waals surface area (Å²) in [4.78, 5) is 0. The lowest BCUT2D eigenvalue weighted by atomic mass is 10.6. The zero-order chi connectivity index (χ0) is 26.7. The van der Waals surface area contributed by atoms with Crippen molar-refractivity contribution in [3.63, 3.8) is 0 Å². The van der Waals surface area contributed by atoms with Crippen molar-refractivity contribution in [3.8, 4) is 0 Å². The lowest BCUT2D eigenvalue weighted by molar-refractivity contribution is -0.0270. The molecule has 0 unspecified atom stereocenters. The van der Waals surface area contributed by atoms with Crippen LogP contribution in [0.2, 0.25) is 0 Å². The summed E-state index contributed by atoms with van der Waals surface area (Å²) in [5, 5.41) is 0. The van der Waals surface area contributed by atoms with E-state index in [4.69, 9.17) is 52.1 Å². The van der Waals surface area contributed by atoms with Gasteiger partial charge in [-0.15, -0.1) is 13.2 Å². The van der Waals surface area contributed by atoms with Crippen LogP contribution in [0.3, 0.4) is 0 Å². The first-order valence-corrected chi connectivity index (χ1v) is 13.0. The Bertz CT molecular complexity index is 403. The summed E-state index contributed by atoms with van der Waals surface area (Å²) in [6.45, 7) is 18.9. The molecular weight excluding hydrogens is 488 g/mol. The molecule has 0 aliphatic heterocycles. The van der Waals surface area contributed by atoms with E-state index in [-0.39, 0.29) is 0 Å². The first-order valence-electron chi connectivity index (χ1n) is 13.0. The third-order valence-corrected chi connectivity index (χ3v) is 4.19. The average molecular weight is 539 g/mol. The van der Waals surface area contributed by atoms with Gasteiger partial charge in [0.2, 0.25) is 0 Å². The summed E-state index contributed by atoms with van der Waals surface area (Å²) in [5.74, 6) is 0. The minimum absolute atomic E-state index is 0.518. The summed E-state index contributed by atoms with van der Waals surface area (Å²) >= 11 is 0. The second kappa shape index (κ2) is 35.0. The molecule has 0 heterocycles. The fourth-order valence-corrected chi connectivity index (χ4v) is 2.43. The van der Waals surface area contributed by atoms with Crippen molar-refractivity contribution in [1.29, 1.82) is 0 Å². The van der Waals surface area contributed by atoms with Crippen LogP contribution in [0.4, 0.5) is 0 Å². The van der Waals surface area contributed by atoms with E-state index in [0.717, 1.165) is 0 Å². The molecule has 0 radical (unpaired) electrons. The second-order valence-electron chi connectivity index (χ2n) is 7.24. The fraction of sp³-hybridized carbons (Fsp3) is 0.846. The van der Waals surface area contributed by atoms with E-state index >= 15 is 0 Å². The van der Waals surface area contributed by atoms with Gasteiger partial charge in [-0.1, -0.05) is 12.2 Å².